The molecule has 7 fully saturated rings. The number of carbonyl (C=O) groups excluding carboxylic acids is 2. The standard InChI is InChI=1S/C55H82O21/c1-50(2)20-27-26-14-15-31-52(5)18-17-33(51(3,4)30(52)16-19-53(31,6)54(26,7)21-32(59)55(27,24-57)44(43(50)66)76-45(67)25-12-10-9-11-13-25)72-49-42(75-48-38(64)36(62)35(61)29(22-56)71-48)40(39(65)41(74-49)46(68)69-8)73-47-37(63)34(60)28(58)23-70-47/h9-14,27-44,47-49,56-66H,15-24H2,1-8H3. The molecular weight excluding hydrogens is 997 g/mol. The lowest BCUT2D eigenvalue weighted by molar-refractivity contribution is -0.392. The molecule has 4 saturated carbocycles. The summed E-state index contributed by atoms with van der Waals surface area (Å²) in [5.41, 5.74) is -2.78. The van der Waals surface area contributed by atoms with Gasteiger partial charge in [0.2, 0.25) is 0 Å². The van der Waals surface area contributed by atoms with Gasteiger partial charge in [-0.1, -0.05) is 78.3 Å². The molecule has 0 radical (unpaired) electrons. The molecule has 3 saturated heterocycles. The van der Waals surface area contributed by atoms with Crippen LogP contribution in [0.1, 0.15) is 104 Å². The van der Waals surface area contributed by atoms with Gasteiger partial charge < -0.3 is 94.1 Å². The molecule has 21 nitrogen and oxygen atoms in total. The Morgan fingerprint density at radius 1 is 0.711 bits per heavy atom. The van der Waals surface area contributed by atoms with Crippen molar-refractivity contribution >= 4 is 11.9 Å². The quantitative estimate of drug-likeness (QED) is 0.0802. The van der Waals surface area contributed by atoms with Crippen LogP contribution in [0.25, 0.3) is 0 Å². The largest absolute Gasteiger partial charge is 0.467 e. The molecule has 3 heterocycles. The Kier molecular flexibility index (Phi) is 16.0. The van der Waals surface area contributed by atoms with Crippen LogP contribution in [0.3, 0.4) is 0 Å². The molecule has 76 heavy (non-hydrogen) atoms. The molecule has 0 amide bonds. The maximum atomic E-state index is 13.8. The fraction of sp³-hybridized carbons (Fsp3) is 0.818. The molecule has 0 bridgehead atoms. The Labute approximate surface area is 443 Å². The third kappa shape index (κ3) is 9.03. The molecule has 1 aromatic rings. The lowest BCUT2D eigenvalue weighted by Crippen LogP contribution is -2.72. The maximum absolute atomic E-state index is 13.8. The van der Waals surface area contributed by atoms with Crippen molar-refractivity contribution in [3.05, 3.63) is 47.5 Å². The van der Waals surface area contributed by atoms with Crippen molar-refractivity contribution in [1.29, 1.82) is 0 Å². The highest BCUT2D eigenvalue weighted by molar-refractivity contribution is 5.89. The number of ether oxygens (including phenoxy) is 8. The van der Waals surface area contributed by atoms with E-state index in [1.807, 2.05) is 13.8 Å². The van der Waals surface area contributed by atoms with Crippen LogP contribution >= 0.6 is 0 Å². The molecule has 0 spiro atoms. The summed E-state index contributed by atoms with van der Waals surface area (Å²) in [6.45, 7) is 13.1. The second kappa shape index (κ2) is 21.0. The zero-order valence-electron chi connectivity index (χ0n) is 44.7. The van der Waals surface area contributed by atoms with E-state index in [0.29, 0.717) is 37.7 Å². The summed E-state index contributed by atoms with van der Waals surface area (Å²) in [4.78, 5) is 27.2. The van der Waals surface area contributed by atoms with Crippen LogP contribution < -0.4 is 0 Å². The molecule has 11 N–H and O–H groups in total. The lowest BCUT2D eigenvalue weighted by atomic mass is 9.33. The summed E-state index contributed by atoms with van der Waals surface area (Å²) in [6, 6.07) is 8.48. The number of allylic oxidation sites excluding steroid dienone is 2. The topological polar surface area (TPSA) is 331 Å². The van der Waals surface area contributed by atoms with Crippen molar-refractivity contribution in [2.75, 3.05) is 26.9 Å². The first-order chi connectivity index (χ1) is 35.7. The number of hydrogen-bond acceptors (Lipinski definition) is 21. The van der Waals surface area contributed by atoms with Crippen LogP contribution in [0, 0.1) is 50.2 Å². The van der Waals surface area contributed by atoms with Gasteiger partial charge in [-0.2, -0.15) is 0 Å². The van der Waals surface area contributed by atoms with Crippen molar-refractivity contribution < 1.29 is 104 Å². The van der Waals surface area contributed by atoms with E-state index in [2.05, 4.69) is 40.7 Å². The van der Waals surface area contributed by atoms with Gasteiger partial charge in [0, 0.05) is 0 Å². The second-order valence-corrected chi connectivity index (χ2v) is 25.2. The zero-order chi connectivity index (χ0) is 55.4. The first-order valence-electron chi connectivity index (χ1n) is 27.0. The van der Waals surface area contributed by atoms with Gasteiger partial charge in [-0.05, 0) is 102 Å². The van der Waals surface area contributed by atoms with Crippen molar-refractivity contribution in [2.45, 2.75) is 204 Å². The van der Waals surface area contributed by atoms with E-state index in [9.17, 15) is 65.8 Å². The van der Waals surface area contributed by atoms with E-state index in [1.54, 1.807) is 30.3 Å². The van der Waals surface area contributed by atoms with Gasteiger partial charge in [-0.3, -0.25) is 0 Å². The Hall–Kier alpha value is -2.78. The van der Waals surface area contributed by atoms with E-state index in [1.165, 1.54) is 0 Å². The molecule has 428 valence electrons. The molecular formula is C55H82O21. The van der Waals surface area contributed by atoms with Crippen LogP contribution in [-0.4, -0.2) is 205 Å². The zero-order valence-corrected chi connectivity index (χ0v) is 44.7. The van der Waals surface area contributed by atoms with Crippen LogP contribution in [0.5, 0.6) is 0 Å². The normalized spacial score (nSPS) is 49.7. The number of rotatable bonds is 11. The van der Waals surface area contributed by atoms with Crippen LogP contribution in [0.2, 0.25) is 0 Å². The third-order valence-corrected chi connectivity index (χ3v) is 20.7. The molecule has 5 aliphatic carbocycles. The van der Waals surface area contributed by atoms with Gasteiger partial charge in [0.1, 0.15) is 67.1 Å². The Morgan fingerprint density at radius 3 is 2.04 bits per heavy atom. The molecule has 25 unspecified atom stereocenters. The number of methoxy groups -OCH3 is 1. The fourth-order valence-corrected chi connectivity index (χ4v) is 16.1. The monoisotopic (exact) mass is 1080 g/mol. The number of esters is 2. The Balaban J connectivity index is 1.03. The summed E-state index contributed by atoms with van der Waals surface area (Å²) < 4.78 is 48.3. The summed E-state index contributed by atoms with van der Waals surface area (Å²) in [6.07, 6.45) is -22.7. The average molecular weight is 1080 g/mol. The van der Waals surface area contributed by atoms with Gasteiger partial charge in [0.15, 0.2) is 25.0 Å². The maximum Gasteiger partial charge on any atom is 0.338 e. The van der Waals surface area contributed by atoms with Crippen LogP contribution in [-0.2, 0) is 42.7 Å². The third-order valence-electron chi connectivity index (χ3n) is 20.7. The lowest BCUT2D eigenvalue weighted by Gasteiger charge is -2.72. The van der Waals surface area contributed by atoms with E-state index >= 15 is 0 Å². The van der Waals surface area contributed by atoms with Gasteiger partial charge in [0.05, 0.1) is 56.2 Å². The SMILES string of the molecule is COC(=O)C1OC(OC2CCC3(C)C(CCC4(C)C3CC=C3C5CC(C)(C)C(O)C(OC(=O)c6ccccc6)C5(CO)C(O)CC34C)C2(C)C)C(OC2OC(CO)C(O)C(O)C2O)C(OC2OCC(O)C(O)C2O)C1O. The molecule has 8 aliphatic rings. The van der Waals surface area contributed by atoms with Crippen molar-refractivity contribution in [3.63, 3.8) is 0 Å². The van der Waals surface area contributed by atoms with E-state index in [-0.39, 0.29) is 23.7 Å². The number of benzene rings is 1. The number of aliphatic hydroxyl groups is 11. The number of fused-ring (bicyclic) bond motifs is 7. The molecule has 0 aromatic heterocycles. The average Bonchev–Trinajstić information content (AvgIpc) is 3.56. The Morgan fingerprint density at radius 2 is 1.38 bits per heavy atom. The molecule has 21 heteroatoms. The highest BCUT2D eigenvalue weighted by Crippen LogP contribution is 2.76. The smallest absolute Gasteiger partial charge is 0.338 e. The summed E-state index contributed by atoms with van der Waals surface area (Å²) in [5, 5.41) is 123. The van der Waals surface area contributed by atoms with Crippen LogP contribution in [0.15, 0.2) is 42.0 Å². The van der Waals surface area contributed by atoms with Gasteiger partial charge in [-0.25, -0.2) is 9.59 Å². The van der Waals surface area contributed by atoms with Gasteiger partial charge >= 0.3 is 11.9 Å². The van der Waals surface area contributed by atoms with Crippen molar-refractivity contribution in [3.8, 4) is 0 Å². The second-order valence-electron chi connectivity index (χ2n) is 25.2. The predicted molar refractivity (Wildman–Crippen MR) is 263 cm³/mol. The van der Waals surface area contributed by atoms with E-state index in [0.717, 1.165) is 19.1 Å². The van der Waals surface area contributed by atoms with Crippen molar-refractivity contribution in [1.82, 2.24) is 0 Å². The molecule has 9 rings (SSSR count). The molecule has 1 aromatic carbocycles. The highest BCUT2D eigenvalue weighted by atomic mass is 16.8. The fourth-order valence-electron chi connectivity index (χ4n) is 16.1. The van der Waals surface area contributed by atoms with Crippen molar-refractivity contribution in [2.24, 2.45) is 50.2 Å². The van der Waals surface area contributed by atoms with Crippen LogP contribution in [0.4, 0.5) is 0 Å². The predicted octanol–water partition coefficient (Wildman–Crippen LogP) is 0.211. The highest BCUT2D eigenvalue weighted by Gasteiger charge is 2.73. The number of hydrogen-bond donors (Lipinski definition) is 11. The minimum atomic E-state index is -1.97. The summed E-state index contributed by atoms with van der Waals surface area (Å²) >= 11 is 0. The van der Waals surface area contributed by atoms with E-state index in [4.69, 9.17) is 37.9 Å². The minimum Gasteiger partial charge on any atom is -0.467 e. The molecule has 25 atom stereocenters. The minimum absolute atomic E-state index is 0.0212. The van der Waals surface area contributed by atoms with E-state index < -0.39 is 175 Å². The summed E-state index contributed by atoms with van der Waals surface area (Å²) in [5.74, 6) is -2.09. The summed E-state index contributed by atoms with van der Waals surface area (Å²) in [7, 11) is 1.08. The first-order valence-corrected chi connectivity index (χ1v) is 27.0. The van der Waals surface area contributed by atoms with Gasteiger partial charge in [0.25, 0.3) is 0 Å². The van der Waals surface area contributed by atoms with Gasteiger partial charge in [-0.15, -0.1) is 0 Å². The number of aliphatic hydroxyl groups excluding tert-OH is 11. The first kappa shape index (κ1) is 57.9. The molecule has 3 aliphatic heterocycles. The Bertz CT molecular complexity index is 2280. The number of carbonyl (C=O) groups is 2.